The van der Waals surface area contributed by atoms with Gasteiger partial charge in [0, 0.05) is 38.8 Å². The average Bonchev–Trinajstić information content (AvgIpc) is 3.09. The molecule has 1 aromatic carbocycles. The van der Waals surface area contributed by atoms with Crippen molar-refractivity contribution >= 4 is 16.9 Å². The minimum atomic E-state index is 0.389. The summed E-state index contributed by atoms with van der Waals surface area (Å²) in [5.41, 5.74) is 2.71. The van der Waals surface area contributed by atoms with Gasteiger partial charge in [-0.2, -0.15) is 0 Å². The lowest BCUT2D eigenvalue weighted by atomic mass is 9.92. The fourth-order valence-corrected chi connectivity index (χ4v) is 4.36. The van der Waals surface area contributed by atoms with Gasteiger partial charge in [-0.15, -0.1) is 0 Å². The van der Waals surface area contributed by atoms with Gasteiger partial charge in [-0.25, -0.2) is 9.97 Å². The van der Waals surface area contributed by atoms with Crippen LogP contribution < -0.4 is 5.32 Å². The molecule has 0 bridgehead atoms. The molecule has 25 heavy (non-hydrogen) atoms. The number of hydrogen-bond donors (Lipinski definition) is 2. The van der Waals surface area contributed by atoms with E-state index in [0.29, 0.717) is 11.3 Å². The third-order valence-electron chi connectivity index (χ3n) is 5.84. The maximum absolute atomic E-state index is 4.88. The van der Waals surface area contributed by atoms with Crippen molar-refractivity contribution in [1.82, 2.24) is 19.9 Å². The molecule has 3 aromatic rings. The molecule has 128 valence electrons. The minimum Gasteiger partial charge on any atom is -0.372 e. The van der Waals surface area contributed by atoms with E-state index < -0.39 is 0 Å². The lowest BCUT2D eigenvalue weighted by Crippen LogP contribution is -2.20. The predicted molar refractivity (Wildman–Crippen MR) is 99.6 cm³/mol. The zero-order chi connectivity index (χ0) is 16.9. The van der Waals surface area contributed by atoms with Crippen molar-refractivity contribution < 1.29 is 0 Å². The van der Waals surface area contributed by atoms with Gasteiger partial charge in [0.2, 0.25) is 0 Å². The maximum atomic E-state index is 4.88. The first-order valence-electron chi connectivity index (χ1n) is 9.06. The number of fused-ring (bicyclic) bond motifs is 1. The minimum absolute atomic E-state index is 0.389. The van der Waals surface area contributed by atoms with Crippen LogP contribution >= 0.6 is 0 Å². The Hall–Kier alpha value is -2.40. The predicted octanol–water partition coefficient (Wildman–Crippen LogP) is 3.38. The molecule has 0 amide bonds. The molecule has 2 aliphatic rings. The van der Waals surface area contributed by atoms with E-state index in [4.69, 9.17) is 9.97 Å². The molecule has 2 aromatic heterocycles. The summed E-state index contributed by atoms with van der Waals surface area (Å²) in [6, 6.07) is 12.8. The molecule has 2 N–H and O–H groups in total. The summed E-state index contributed by atoms with van der Waals surface area (Å²) in [5, 5.41) is 4.30. The van der Waals surface area contributed by atoms with Crippen LogP contribution in [0.15, 0.2) is 42.6 Å². The highest BCUT2D eigenvalue weighted by atomic mass is 15.2. The lowest BCUT2D eigenvalue weighted by molar-refractivity contribution is 0.312. The third-order valence-corrected chi connectivity index (χ3v) is 5.84. The van der Waals surface area contributed by atoms with Gasteiger partial charge >= 0.3 is 0 Å². The molecule has 5 nitrogen and oxygen atoms in total. The third kappa shape index (κ3) is 2.50. The van der Waals surface area contributed by atoms with E-state index in [9.17, 15) is 0 Å². The fourth-order valence-electron chi connectivity index (χ4n) is 4.36. The number of aromatic amines is 1. The molecule has 5 rings (SSSR count). The molecule has 1 atom stereocenters. The standard InChI is InChI=1S/C20H23N5/c1-21-17-15-7-10-22-18(15)24-19(23-17)16-12-25(13-20(16)8-9-20)11-14-5-3-2-4-6-14/h2-7,10,16H,8-9,11-13H2,1H3,(H2,21,22,23,24). The molecular formula is C20H23N5. The Morgan fingerprint density at radius 3 is 2.80 bits per heavy atom. The number of nitrogens with zero attached hydrogens (tertiary/aromatic N) is 3. The SMILES string of the molecule is CNc1nc(C2CN(Cc3ccccc3)CC23CC3)nc2[nH]ccc12. The highest BCUT2D eigenvalue weighted by Gasteiger charge is 2.56. The Bertz CT molecular complexity index is 897. The van der Waals surface area contributed by atoms with Gasteiger partial charge in [0.15, 0.2) is 0 Å². The average molecular weight is 333 g/mol. The summed E-state index contributed by atoms with van der Waals surface area (Å²) >= 11 is 0. The van der Waals surface area contributed by atoms with Crippen LogP contribution in [0.4, 0.5) is 5.82 Å². The summed E-state index contributed by atoms with van der Waals surface area (Å²) in [5.74, 6) is 2.35. The monoisotopic (exact) mass is 333 g/mol. The van der Waals surface area contributed by atoms with Crippen LogP contribution in [0.3, 0.4) is 0 Å². The number of H-pyrrole nitrogens is 1. The zero-order valence-corrected chi connectivity index (χ0v) is 14.5. The Morgan fingerprint density at radius 1 is 1.20 bits per heavy atom. The van der Waals surface area contributed by atoms with Gasteiger partial charge < -0.3 is 10.3 Å². The molecular weight excluding hydrogens is 310 g/mol. The molecule has 1 aliphatic carbocycles. The van der Waals surface area contributed by atoms with Crippen LogP contribution in [0.1, 0.15) is 30.1 Å². The fraction of sp³-hybridized carbons (Fsp3) is 0.400. The largest absolute Gasteiger partial charge is 0.372 e. The first-order chi connectivity index (χ1) is 12.3. The molecule has 1 saturated carbocycles. The summed E-state index contributed by atoms with van der Waals surface area (Å²) in [4.78, 5) is 15.6. The highest BCUT2D eigenvalue weighted by molar-refractivity contribution is 5.86. The van der Waals surface area contributed by atoms with Crippen LogP contribution in [0.25, 0.3) is 11.0 Å². The molecule has 0 radical (unpaired) electrons. The van der Waals surface area contributed by atoms with Gasteiger partial charge in [0.05, 0.1) is 5.39 Å². The van der Waals surface area contributed by atoms with E-state index in [1.54, 1.807) is 0 Å². The van der Waals surface area contributed by atoms with Crippen LogP contribution in [0, 0.1) is 5.41 Å². The molecule has 1 saturated heterocycles. The van der Waals surface area contributed by atoms with Crippen LogP contribution in [0.5, 0.6) is 0 Å². The Labute approximate surface area is 147 Å². The van der Waals surface area contributed by atoms with Crippen LogP contribution in [-0.4, -0.2) is 40.0 Å². The lowest BCUT2D eigenvalue weighted by Gasteiger charge is -2.16. The van der Waals surface area contributed by atoms with Crippen molar-refractivity contribution in [2.75, 3.05) is 25.5 Å². The van der Waals surface area contributed by atoms with Gasteiger partial charge in [-0.1, -0.05) is 30.3 Å². The van der Waals surface area contributed by atoms with E-state index in [-0.39, 0.29) is 0 Å². The number of rotatable bonds is 4. The normalized spacial score (nSPS) is 21.9. The van der Waals surface area contributed by atoms with Crippen molar-refractivity contribution in [1.29, 1.82) is 0 Å². The van der Waals surface area contributed by atoms with Crippen molar-refractivity contribution in [3.63, 3.8) is 0 Å². The summed E-state index contributed by atoms with van der Waals surface area (Å²) in [6.45, 7) is 3.22. The molecule has 1 aliphatic heterocycles. The summed E-state index contributed by atoms with van der Waals surface area (Å²) in [6.07, 6.45) is 4.53. The second kappa shape index (κ2) is 5.56. The second-order valence-corrected chi connectivity index (χ2v) is 7.49. The van der Waals surface area contributed by atoms with Crippen molar-refractivity contribution in [2.45, 2.75) is 25.3 Å². The zero-order valence-electron chi connectivity index (χ0n) is 14.5. The van der Waals surface area contributed by atoms with E-state index in [1.807, 2.05) is 19.3 Å². The summed E-state index contributed by atoms with van der Waals surface area (Å²) in [7, 11) is 1.93. The molecule has 1 unspecified atom stereocenters. The first kappa shape index (κ1) is 14.9. The maximum Gasteiger partial charge on any atom is 0.143 e. The van der Waals surface area contributed by atoms with E-state index in [0.717, 1.165) is 42.3 Å². The number of anilines is 1. The Kier molecular flexibility index (Phi) is 3.31. The van der Waals surface area contributed by atoms with Gasteiger partial charge in [0.1, 0.15) is 17.3 Å². The molecule has 3 heterocycles. The Balaban J connectivity index is 1.45. The quantitative estimate of drug-likeness (QED) is 0.768. The van der Waals surface area contributed by atoms with E-state index in [2.05, 4.69) is 45.5 Å². The number of benzene rings is 1. The smallest absolute Gasteiger partial charge is 0.143 e. The van der Waals surface area contributed by atoms with Gasteiger partial charge in [-0.3, -0.25) is 4.90 Å². The van der Waals surface area contributed by atoms with Crippen molar-refractivity contribution in [3.05, 3.63) is 54.0 Å². The van der Waals surface area contributed by atoms with E-state index >= 15 is 0 Å². The van der Waals surface area contributed by atoms with Gasteiger partial charge in [-0.05, 0) is 29.9 Å². The molecule has 2 fully saturated rings. The van der Waals surface area contributed by atoms with Gasteiger partial charge in [0.25, 0.3) is 0 Å². The number of aromatic nitrogens is 3. The highest BCUT2D eigenvalue weighted by Crippen LogP contribution is 2.59. The van der Waals surface area contributed by atoms with E-state index in [1.165, 1.54) is 18.4 Å². The topological polar surface area (TPSA) is 56.8 Å². The van der Waals surface area contributed by atoms with Crippen LogP contribution in [-0.2, 0) is 6.54 Å². The first-order valence-corrected chi connectivity index (χ1v) is 9.06. The molecule has 5 heteroatoms. The van der Waals surface area contributed by atoms with Crippen molar-refractivity contribution in [2.24, 2.45) is 5.41 Å². The number of nitrogens with one attached hydrogen (secondary N) is 2. The Morgan fingerprint density at radius 2 is 2.04 bits per heavy atom. The number of hydrogen-bond acceptors (Lipinski definition) is 4. The second-order valence-electron chi connectivity index (χ2n) is 7.49. The van der Waals surface area contributed by atoms with Crippen LogP contribution in [0.2, 0.25) is 0 Å². The van der Waals surface area contributed by atoms with Crippen molar-refractivity contribution in [3.8, 4) is 0 Å². The number of likely N-dealkylation sites (tertiary alicyclic amines) is 1. The summed E-state index contributed by atoms with van der Waals surface area (Å²) < 4.78 is 0. The molecule has 1 spiro atoms.